The number of aromatic nitrogens is 1. The van der Waals surface area contributed by atoms with Gasteiger partial charge in [0.2, 0.25) is 5.78 Å². The number of hydrogen-bond acceptors (Lipinski definition) is 5. The molecule has 0 aliphatic carbocycles. The van der Waals surface area contributed by atoms with Crippen molar-refractivity contribution >= 4 is 28.8 Å². The van der Waals surface area contributed by atoms with Crippen LogP contribution < -0.4 is 4.90 Å². The number of Topliss-reactive ketones (excluding diaryl/α,β-unsaturated/α-hetero) is 1. The number of carbonyl (C=O) groups is 1. The Hall–Kier alpha value is -7.05. The molecular weight excluding hydrogens is 633 g/mol. The third kappa shape index (κ3) is 5.65. The predicted molar refractivity (Wildman–Crippen MR) is 203 cm³/mol. The van der Waals surface area contributed by atoms with Crippen molar-refractivity contribution in [1.29, 1.82) is 0 Å². The molecule has 246 valence electrons. The fraction of sp³-hybridized carbons (Fsp3) is 0. The van der Waals surface area contributed by atoms with Crippen molar-refractivity contribution in [1.82, 2.24) is 4.57 Å². The van der Waals surface area contributed by atoms with Gasteiger partial charge < -0.3 is 24.8 Å². The van der Waals surface area contributed by atoms with Gasteiger partial charge in [-0.1, -0.05) is 121 Å². The average molecular weight is 665 g/mol. The zero-order valence-electron chi connectivity index (χ0n) is 27.4. The van der Waals surface area contributed by atoms with Gasteiger partial charge in [0.1, 0.15) is 17.2 Å². The van der Waals surface area contributed by atoms with Crippen LogP contribution >= 0.6 is 0 Å². The van der Waals surface area contributed by atoms with Gasteiger partial charge in [-0.15, -0.1) is 0 Å². The number of ketones is 1. The molecule has 0 radical (unpaired) electrons. The first kappa shape index (κ1) is 31.2. The minimum absolute atomic E-state index is 0.00601. The number of phenolic OH excluding ortho intramolecular Hbond substituents is 2. The lowest BCUT2D eigenvalue weighted by Gasteiger charge is -2.24. The summed E-state index contributed by atoms with van der Waals surface area (Å²) in [5.41, 5.74) is 7.77. The van der Waals surface area contributed by atoms with Crippen LogP contribution in [-0.2, 0) is 4.79 Å². The average Bonchev–Trinajstić information content (AvgIpc) is 3.63. The van der Waals surface area contributed by atoms with E-state index in [2.05, 4.69) is 0 Å². The summed E-state index contributed by atoms with van der Waals surface area (Å²) >= 11 is 0. The first-order valence-electron chi connectivity index (χ1n) is 16.6. The van der Waals surface area contributed by atoms with Crippen molar-refractivity contribution in [3.05, 3.63) is 192 Å². The molecule has 0 saturated heterocycles. The minimum Gasteiger partial charge on any atom is -0.508 e. The van der Waals surface area contributed by atoms with Crippen molar-refractivity contribution in [2.45, 2.75) is 0 Å². The number of nitrogens with zero attached hydrogens (tertiary/aromatic N) is 2. The summed E-state index contributed by atoms with van der Waals surface area (Å²) in [6, 6.07) is 52.3. The Bertz CT molecular complexity index is 2410. The first-order valence-corrected chi connectivity index (χ1v) is 16.6. The monoisotopic (exact) mass is 664 g/mol. The molecule has 6 aromatic carbocycles. The minimum atomic E-state index is -0.228. The van der Waals surface area contributed by atoms with Crippen molar-refractivity contribution in [3.63, 3.8) is 0 Å². The van der Waals surface area contributed by atoms with E-state index in [1.165, 1.54) is 0 Å². The number of aromatic hydroxyl groups is 3. The molecule has 0 atom stereocenters. The van der Waals surface area contributed by atoms with E-state index in [0.717, 1.165) is 27.9 Å². The zero-order valence-corrected chi connectivity index (χ0v) is 27.4. The summed E-state index contributed by atoms with van der Waals surface area (Å²) in [4.78, 5) is 16.9. The van der Waals surface area contributed by atoms with Gasteiger partial charge in [0, 0.05) is 11.4 Å². The normalized spacial score (nSPS) is 13.7. The summed E-state index contributed by atoms with van der Waals surface area (Å²) in [5, 5.41) is 33.0. The molecule has 0 bridgehead atoms. The van der Waals surface area contributed by atoms with Crippen LogP contribution in [0.1, 0.15) is 16.8 Å². The molecular formula is C45H32N2O4. The number of anilines is 1. The van der Waals surface area contributed by atoms with Crippen LogP contribution in [0.4, 0.5) is 5.69 Å². The maximum Gasteiger partial charge on any atom is 0.212 e. The third-order valence-corrected chi connectivity index (χ3v) is 9.05. The van der Waals surface area contributed by atoms with Crippen molar-refractivity contribution < 1.29 is 20.1 Å². The highest BCUT2D eigenvalue weighted by Crippen LogP contribution is 2.49. The number of carbonyl (C=O) groups excluding carboxylic acids is 1. The highest BCUT2D eigenvalue weighted by atomic mass is 16.3. The summed E-state index contributed by atoms with van der Waals surface area (Å²) < 4.78 is 1.93. The van der Waals surface area contributed by atoms with Gasteiger partial charge in [-0.05, 0) is 76.9 Å². The van der Waals surface area contributed by atoms with E-state index in [1.807, 2.05) is 131 Å². The molecule has 1 aliphatic rings. The fourth-order valence-electron chi connectivity index (χ4n) is 6.77. The zero-order chi connectivity index (χ0) is 34.9. The molecule has 6 heteroatoms. The van der Waals surface area contributed by atoms with Gasteiger partial charge in [0.05, 0.1) is 33.9 Å². The Balaban J connectivity index is 1.48. The van der Waals surface area contributed by atoms with Crippen LogP contribution in [0.2, 0.25) is 0 Å². The second kappa shape index (κ2) is 13.1. The number of allylic oxidation sites excluding steroid dienone is 1. The van der Waals surface area contributed by atoms with Crippen LogP contribution in [-0.4, -0.2) is 25.7 Å². The van der Waals surface area contributed by atoms with Crippen molar-refractivity contribution in [3.8, 4) is 45.3 Å². The Morgan fingerprint density at radius 1 is 0.471 bits per heavy atom. The lowest BCUT2D eigenvalue weighted by molar-refractivity contribution is -0.110. The summed E-state index contributed by atoms with van der Waals surface area (Å²) in [5.74, 6) is -0.0301. The number of rotatable bonds is 7. The molecule has 2 heterocycles. The van der Waals surface area contributed by atoms with Gasteiger partial charge in [0.25, 0.3) is 0 Å². The highest BCUT2D eigenvalue weighted by Gasteiger charge is 2.38. The van der Waals surface area contributed by atoms with Crippen LogP contribution in [0, 0.1) is 0 Å². The molecule has 0 saturated carbocycles. The summed E-state index contributed by atoms with van der Waals surface area (Å²) in [6.07, 6.45) is 1.75. The van der Waals surface area contributed by atoms with E-state index in [-0.39, 0.29) is 23.0 Å². The van der Waals surface area contributed by atoms with E-state index >= 15 is 4.79 Å². The topological polar surface area (TPSA) is 85.9 Å². The third-order valence-electron chi connectivity index (χ3n) is 9.05. The lowest BCUT2D eigenvalue weighted by atomic mass is 9.98. The Kier molecular flexibility index (Phi) is 8.02. The summed E-state index contributed by atoms with van der Waals surface area (Å²) in [6.45, 7) is 0. The molecule has 8 rings (SSSR count). The van der Waals surface area contributed by atoms with E-state index in [9.17, 15) is 15.3 Å². The smallest absolute Gasteiger partial charge is 0.212 e. The second-order valence-electron chi connectivity index (χ2n) is 12.2. The second-order valence-corrected chi connectivity index (χ2v) is 12.2. The molecule has 1 aliphatic heterocycles. The van der Waals surface area contributed by atoms with Crippen LogP contribution in [0.25, 0.3) is 45.4 Å². The maximum atomic E-state index is 15.0. The molecule has 3 N–H and O–H groups in total. The van der Waals surface area contributed by atoms with Gasteiger partial charge in [-0.25, -0.2) is 0 Å². The fourth-order valence-corrected chi connectivity index (χ4v) is 6.77. The highest BCUT2D eigenvalue weighted by molar-refractivity contribution is 6.42. The molecule has 0 spiro atoms. The molecule has 0 fully saturated rings. The SMILES string of the molecule is O=C1C(=Cc2c(O)c(-c3ccccc3)c(-c3ccccc3)n2-c2ccc(O)cc2)N(c2ccc(O)cc2)C(c2ccccc2)=C1c1ccccc1. The Morgan fingerprint density at radius 2 is 0.922 bits per heavy atom. The first-order chi connectivity index (χ1) is 25.0. The Labute approximate surface area is 295 Å². The standard InChI is InChI=1S/C45H32N2O4/c48-36-25-21-34(22-26-36)46-38(44(50)40(30-13-5-1-6-14-30)42(46)32-17-9-3-10-18-32)29-39-45(51)41(31-15-7-2-8-16-31)43(33-19-11-4-12-20-33)47(39)35-23-27-37(49)28-24-35/h1-29,48-50H. The predicted octanol–water partition coefficient (Wildman–Crippen LogP) is 9.93. The van der Waals surface area contributed by atoms with Crippen LogP contribution in [0.5, 0.6) is 17.2 Å². The maximum absolute atomic E-state index is 15.0. The molecule has 51 heavy (non-hydrogen) atoms. The number of benzene rings is 6. The van der Waals surface area contributed by atoms with Gasteiger partial charge in [0.15, 0.2) is 0 Å². The summed E-state index contributed by atoms with van der Waals surface area (Å²) in [7, 11) is 0. The van der Waals surface area contributed by atoms with Crippen LogP contribution in [0.15, 0.2) is 176 Å². The van der Waals surface area contributed by atoms with E-state index in [0.29, 0.717) is 39.6 Å². The number of hydrogen-bond donors (Lipinski definition) is 3. The van der Waals surface area contributed by atoms with E-state index < -0.39 is 0 Å². The van der Waals surface area contributed by atoms with E-state index in [1.54, 1.807) is 54.6 Å². The molecule has 7 aromatic rings. The quantitative estimate of drug-likeness (QED) is 0.148. The molecule has 0 unspecified atom stereocenters. The Morgan fingerprint density at radius 3 is 1.45 bits per heavy atom. The van der Waals surface area contributed by atoms with E-state index in [4.69, 9.17) is 0 Å². The lowest BCUT2D eigenvalue weighted by Crippen LogP contribution is -2.19. The molecule has 6 nitrogen and oxygen atoms in total. The number of phenols is 2. The van der Waals surface area contributed by atoms with Gasteiger partial charge in [-0.3, -0.25) is 4.79 Å². The van der Waals surface area contributed by atoms with Gasteiger partial charge in [-0.2, -0.15) is 0 Å². The van der Waals surface area contributed by atoms with Crippen molar-refractivity contribution in [2.75, 3.05) is 4.90 Å². The van der Waals surface area contributed by atoms with Crippen molar-refractivity contribution in [2.24, 2.45) is 0 Å². The van der Waals surface area contributed by atoms with Gasteiger partial charge >= 0.3 is 0 Å². The largest absolute Gasteiger partial charge is 0.508 e. The molecule has 0 amide bonds. The molecule has 1 aromatic heterocycles. The van der Waals surface area contributed by atoms with Crippen LogP contribution in [0.3, 0.4) is 0 Å².